The fourth-order valence-electron chi connectivity index (χ4n) is 2.25. The third-order valence-electron chi connectivity index (χ3n) is 3.32. The van der Waals surface area contributed by atoms with E-state index in [0.717, 1.165) is 12.8 Å². The predicted molar refractivity (Wildman–Crippen MR) is 63.8 cm³/mol. The van der Waals surface area contributed by atoms with Crippen molar-refractivity contribution in [3.05, 3.63) is 0 Å². The first-order chi connectivity index (χ1) is 7.99. The van der Waals surface area contributed by atoms with Crippen LogP contribution in [0, 0.1) is 11.3 Å². The highest BCUT2D eigenvalue weighted by atomic mass is 16.5. The smallest absolute Gasteiger partial charge is 0.317 e. The van der Waals surface area contributed by atoms with Crippen molar-refractivity contribution in [3.63, 3.8) is 0 Å². The molecule has 1 unspecified atom stereocenters. The molecule has 0 radical (unpaired) electrons. The Hall–Kier alpha value is -0.900. The number of carboxylic acid groups (broad SMARTS) is 1. The summed E-state index contributed by atoms with van der Waals surface area (Å²) in [5.74, 6) is -0.669. The average Bonchev–Trinajstić information content (AvgIpc) is 2.26. The number of hydrogen-bond donors (Lipinski definition) is 1. The van der Waals surface area contributed by atoms with Gasteiger partial charge in [0.25, 0.3) is 0 Å². The Morgan fingerprint density at radius 1 is 1.47 bits per heavy atom. The number of Topliss-reactive ketones (excluding diaryl/α,β-unsaturated/α-hetero) is 1. The first-order valence-electron chi connectivity index (χ1n) is 6.33. The quantitative estimate of drug-likeness (QED) is 0.573. The molecule has 0 heterocycles. The molecule has 1 atom stereocenters. The highest BCUT2D eigenvalue weighted by Crippen LogP contribution is 2.36. The fraction of sp³-hybridized carbons (Fsp3) is 0.846. The maximum atomic E-state index is 11.8. The molecule has 1 fully saturated rings. The number of ether oxygens (including phenoxy) is 1. The molecule has 98 valence electrons. The van der Waals surface area contributed by atoms with Crippen molar-refractivity contribution in [2.24, 2.45) is 11.3 Å². The van der Waals surface area contributed by atoms with Crippen molar-refractivity contribution in [1.82, 2.24) is 0 Å². The van der Waals surface area contributed by atoms with E-state index in [1.165, 1.54) is 0 Å². The Labute approximate surface area is 102 Å². The maximum Gasteiger partial charge on any atom is 0.317 e. The van der Waals surface area contributed by atoms with Gasteiger partial charge in [-0.05, 0) is 25.2 Å². The van der Waals surface area contributed by atoms with Gasteiger partial charge in [0.15, 0.2) is 0 Å². The number of carbonyl (C=O) groups excluding carboxylic acids is 1. The van der Waals surface area contributed by atoms with Gasteiger partial charge in [-0.15, -0.1) is 0 Å². The van der Waals surface area contributed by atoms with E-state index >= 15 is 0 Å². The summed E-state index contributed by atoms with van der Waals surface area (Å²) in [7, 11) is 0. The van der Waals surface area contributed by atoms with Gasteiger partial charge in [0, 0.05) is 19.6 Å². The lowest BCUT2D eigenvalue weighted by atomic mass is 9.71. The largest absolute Gasteiger partial charge is 0.480 e. The van der Waals surface area contributed by atoms with Crippen LogP contribution in [0.1, 0.15) is 46.0 Å². The van der Waals surface area contributed by atoms with E-state index in [9.17, 15) is 14.7 Å². The summed E-state index contributed by atoms with van der Waals surface area (Å²) in [6.45, 7) is 5.05. The van der Waals surface area contributed by atoms with Gasteiger partial charge in [-0.3, -0.25) is 9.59 Å². The summed E-state index contributed by atoms with van der Waals surface area (Å²) in [6.07, 6.45) is 2.82. The number of carbonyl (C=O) groups is 2. The number of aliphatic carboxylic acids is 1. The van der Waals surface area contributed by atoms with Gasteiger partial charge < -0.3 is 9.84 Å². The lowest BCUT2D eigenvalue weighted by molar-refractivity contribution is -0.158. The van der Waals surface area contributed by atoms with E-state index in [1.807, 2.05) is 13.8 Å². The van der Waals surface area contributed by atoms with Crippen LogP contribution >= 0.6 is 0 Å². The summed E-state index contributed by atoms with van der Waals surface area (Å²) in [6, 6.07) is 0. The Kier molecular flexibility index (Phi) is 5.12. The highest BCUT2D eigenvalue weighted by molar-refractivity contribution is 6.03. The van der Waals surface area contributed by atoms with Crippen LogP contribution in [0.25, 0.3) is 0 Å². The van der Waals surface area contributed by atoms with Crippen molar-refractivity contribution in [3.8, 4) is 0 Å². The molecule has 0 amide bonds. The lowest BCUT2D eigenvalue weighted by Gasteiger charge is -2.31. The predicted octanol–water partition coefficient (Wildman–Crippen LogP) is 2.26. The van der Waals surface area contributed by atoms with E-state index in [2.05, 4.69) is 0 Å². The van der Waals surface area contributed by atoms with Crippen LogP contribution in [0.2, 0.25) is 0 Å². The molecule has 4 nitrogen and oxygen atoms in total. The fourth-order valence-corrected chi connectivity index (χ4v) is 2.25. The Morgan fingerprint density at radius 2 is 2.18 bits per heavy atom. The summed E-state index contributed by atoms with van der Waals surface area (Å²) in [5.41, 5.74) is -1.17. The van der Waals surface area contributed by atoms with Crippen LogP contribution < -0.4 is 0 Å². The van der Waals surface area contributed by atoms with Crippen LogP contribution in [-0.4, -0.2) is 30.1 Å². The third-order valence-corrected chi connectivity index (χ3v) is 3.32. The number of carboxylic acids is 1. The topological polar surface area (TPSA) is 63.6 Å². The molecule has 0 spiro atoms. The summed E-state index contributed by atoms with van der Waals surface area (Å²) >= 11 is 0. The minimum Gasteiger partial charge on any atom is -0.480 e. The van der Waals surface area contributed by atoms with Gasteiger partial charge in [0.1, 0.15) is 11.2 Å². The van der Waals surface area contributed by atoms with Crippen molar-refractivity contribution >= 4 is 11.8 Å². The standard InChI is InChI=1S/C13H22O4/c1-10(2)9-17-8-7-13(12(15)16)6-4-3-5-11(13)14/h10H,3-9H2,1-2H3,(H,15,16). The molecule has 4 heteroatoms. The molecular weight excluding hydrogens is 220 g/mol. The van der Waals surface area contributed by atoms with Gasteiger partial charge in [-0.25, -0.2) is 0 Å². The molecule has 17 heavy (non-hydrogen) atoms. The molecule has 0 aromatic rings. The van der Waals surface area contributed by atoms with Crippen molar-refractivity contribution in [1.29, 1.82) is 0 Å². The molecule has 1 aliphatic rings. The molecule has 0 aliphatic heterocycles. The van der Waals surface area contributed by atoms with Gasteiger partial charge in [0.05, 0.1) is 0 Å². The maximum absolute atomic E-state index is 11.8. The summed E-state index contributed by atoms with van der Waals surface area (Å²) in [5, 5.41) is 9.29. The monoisotopic (exact) mass is 242 g/mol. The first-order valence-corrected chi connectivity index (χ1v) is 6.33. The summed E-state index contributed by atoms with van der Waals surface area (Å²) < 4.78 is 5.41. The minimum atomic E-state index is -1.17. The lowest BCUT2D eigenvalue weighted by Crippen LogP contribution is -2.42. The van der Waals surface area contributed by atoms with E-state index < -0.39 is 11.4 Å². The summed E-state index contributed by atoms with van der Waals surface area (Å²) in [4.78, 5) is 23.2. The molecule has 0 aromatic carbocycles. The van der Waals surface area contributed by atoms with Crippen molar-refractivity contribution in [2.45, 2.75) is 46.0 Å². The number of hydrogen-bond acceptors (Lipinski definition) is 3. The molecule has 0 bridgehead atoms. The zero-order valence-electron chi connectivity index (χ0n) is 10.7. The SMILES string of the molecule is CC(C)COCCC1(C(=O)O)CCCCC1=O. The average molecular weight is 242 g/mol. The zero-order chi connectivity index (χ0) is 12.9. The molecule has 1 rings (SSSR count). The first kappa shape index (κ1) is 14.2. The minimum absolute atomic E-state index is 0.121. The Morgan fingerprint density at radius 3 is 2.71 bits per heavy atom. The highest BCUT2D eigenvalue weighted by Gasteiger charge is 2.46. The number of ketones is 1. The molecule has 0 aromatic heterocycles. The van der Waals surface area contributed by atoms with Crippen LogP contribution in [0.3, 0.4) is 0 Å². The van der Waals surface area contributed by atoms with E-state index in [-0.39, 0.29) is 5.78 Å². The third kappa shape index (κ3) is 3.53. The van der Waals surface area contributed by atoms with E-state index in [4.69, 9.17) is 4.74 Å². The van der Waals surface area contributed by atoms with E-state index in [0.29, 0.717) is 38.4 Å². The van der Waals surface area contributed by atoms with Gasteiger partial charge in [0.2, 0.25) is 0 Å². The Balaban J connectivity index is 2.53. The molecule has 0 saturated heterocycles. The van der Waals surface area contributed by atoms with Gasteiger partial charge >= 0.3 is 5.97 Å². The normalized spacial score (nSPS) is 25.2. The second-order valence-electron chi connectivity index (χ2n) is 5.24. The molecule has 1 N–H and O–H groups in total. The molecule has 1 saturated carbocycles. The Bertz CT molecular complexity index is 285. The van der Waals surface area contributed by atoms with Crippen LogP contribution in [-0.2, 0) is 14.3 Å². The van der Waals surface area contributed by atoms with Crippen LogP contribution in [0.4, 0.5) is 0 Å². The van der Waals surface area contributed by atoms with Crippen molar-refractivity contribution < 1.29 is 19.4 Å². The number of rotatable bonds is 6. The molecule has 1 aliphatic carbocycles. The molecular formula is C13H22O4. The second-order valence-corrected chi connectivity index (χ2v) is 5.24. The van der Waals surface area contributed by atoms with Crippen molar-refractivity contribution in [2.75, 3.05) is 13.2 Å². The van der Waals surface area contributed by atoms with E-state index in [1.54, 1.807) is 0 Å². The van der Waals surface area contributed by atoms with Crippen LogP contribution in [0.15, 0.2) is 0 Å². The van der Waals surface area contributed by atoms with Gasteiger partial charge in [-0.2, -0.15) is 0 Å². The zero-order valence-corrected chi connectivity index (χ0v) is 10.7. The van der Waals surface area contributed by atoms with Crippen LogP contribution in [0.5, 0.6) is 0 Å². The van der Waals surface area contributed by atoms with Gasteiger partial charge in [-0.1, -0.05) is 20.3 Å². The second kappa shape index (κ2) is 6.15.